The standard InChI is InChI=1S/C16H20F3N5O2/c1-24-10(12(20)25)11(23-14(24)26)15(6-3-2-4-7-15)13-21-8-5-9(22-13)16(17,18)19/h5,8,10-11H,2-4,6-7H2,1H3,(H2,20,25)(H,23,26). The highest BCUT2D eigenvalue weighted by Crippen LogP contribution is 2.44. The van der Waals surface area contributed by atoms with Crippen LogP contribution in [0.15, 0.2) is 12.3 Å². The molecule has 1 saturated carbocycles. The second-order valence-electron chi connectivity index (χ2n) is 6.87. The molecule has 0 bridgehead atoms. The fourth-order valence-electron chi connectivity index (χ4n) is 4.07. The first kappa shape index (κ1) is 18.4. The summed E-state index contributed by atoms with van der Waals surface area (Å²) in [6.07, 6.45) is -0.206. The lowest BCUT2D eigenvalue weighted by atomic mass is 9.66. The minimum Gasteiger partial charge on any atom is -0.368 e. The van der Waals surface area contributed by atoms with E-state index in [0.717, 1.165) is 31.5 Å². The maximum atomic E-state index is 13.1. The van der Waals surface area contributed by atoms with Crippen LogP contribution in [-0.2, 0) is 16.4 Å². The van der Waals surface area contributed by atoms with Crippen LogP contribution >= 0.6 is 0 Å². The van der Waals surface area contributed by atoms with Crippen LogP contribution in [0.2, 0.25) is 0 Å². The molecule has 2 unspecified atom stereocenters. The van der Waals surface area contributed by atoms with Crippen LogP contribution in [-0.4, -0.2) is 45.9 Å². The number of amides is 3. The van der Waals surface area contributed by atoms with Gasteiger partial charge in [-0.1, -0.05) is 19.3 Å². The molecule has 1 aliphatic carbocycles. The minimum atomic E-state index is -4.60. The number of hydrogen-bond acceptors (Lipinski definition) is 4. The summed E-state index contributed by atoms with van der Waals surface area (Å²) in [5.74, 6) is -0.716. The third-order valence-corrected chi connectivity index (χ3v) is 5.36. The largest absolute Gasteiger partial charge is 0.433 e. The number of rotatable bonds is 3. The van der Waals surface area contributed by atoms with E-state index in [9.17, 15) is 22.8 Å². The van der Waals surface area contributed by atoms with Crippen molar-refractivity contribution >= 4 is 11.9 Å². The molecule has 2 atom stereocenters. The first-order chi connectivity index (χ1) is 12.2. The number of carbonyl (C=O) groups is 2. The Labute approximate surface area is 148 Å². The number of nitrogens with one attached hydrogen (secondary N) is 1. The molecule has 3 rings (SSSR count). The van der Waals surface area contributed by atoms with E-state index < -0.39 is 41.3 Å². The van der Waals surface area contributed by atoms with Crippen molar-refractivity contribution in [2.45, 2.75) is 55.8 Å². The summed E-state index contributed by atoms with van der Waals surface area (Å²) in [4.78, 5) is 33.2. The zero-order chi connectivity index (χ0) is 19.1. The van der Waals surface area contributed by atoms with Gasteiger partial charge in [0.15, 0.2) is 0 Å². The van der Waals surface area contributed by atoms with Gasteiger partial charge in [-0.15, -0.1) is 0 Å². The third-order valence-electron chi connectivity index (χ3n) is 5.36. The van der Waals surface area contributed by atoms with Gasteiger partial charge >= 0.3 is 12.2 Å². The van der Waals surface area contributed by atoms with E-state index in [1.54, 1.807) is 0 Å². The summed E-state index contributed by atoms with van der Waals surface area (Å²) in [6.45, 7) is 0. The van der Waals surface area contributed by atoms with E-state index in [1.165, 1.54) is 11.9 Å². The molecule has 3 amide bonds. The predicted molar refractivity (Wildman–Crippen MR) is 84.9 cm³/mol. The maximum absolute atomic E-state index is 13.1. The molecule has 10 heteroatoms. The Kier molecular flexibility index (Phi) is 4.53. The number of alkyl halides is 3. The Morgan fingerprint density at radius 3 is 2.58 bits per heavy atom. The zero-order valence-electron chi connectivity index (χ0n) is 14.2. The summed E-state index contributed by atoms with van der Waals surface area (Å²) in [5.41, 5.74) is 3.48. The highest BCUT2D eigenvalue weighted by Gasteiger charge is 2.55. The van der Waals surface area contributed by atoms with Crippen LogP contribution in [0, 0.1) is 0 Å². The molecule has 0 spiro atoms. The van der Waals surface area contributed by atoms with Gasteiger partial charge in [-0.2, -0.15) is 13.2 Å². The van der Waals surface area contributed by atoms with Gasteiger partial charge < -0.3 is 16.0 Å². The highest BCUT2D eigenvalue weighted by atomic mass is 19.4. The third kappa shape index (κ3) is 2.97. The van der Waals surface area contributed by atoms with Crippen molar-refractivity contribution in [1.29, 1.82) is 0 Å². The normalized spacial score (nSPS) is 25.8. The Bertz CT molecular complexity index is 718. The second kappa shape index (κ2) is 6.40. The number of urea groups is 1. The maximum Gasteiger partial charge on any atom is 0.433 e. The van der Waals surface area contributed by atoms with Gasteiger partial charge in [0.05, 0.1) is 11.5 Å². The first-order valence-electron chi connectivity index (χ1n) is 8.40. The highest BCUT2D eigenvalue weighted by molar-refractivity contribution is 5.90. The molecule has 2 fully saturated rings. The molecule has 1 saturated heterocycles. The summed E-state index contributed by atoms with van der Waals surface area (Å²) < 4.78 is 39.4. The molecule has 3 N–H and O–H groups in total. The zero-order valence-corrected chi connectivity index (χ0v) is 14.2. The van der Waals surface area contributed by atoms with E-state index in [0.29, 0.717) is 12.8 Å². The smallest absolute Gasteiger partial charge is 0.368 e. The molecule has 26 heavy (non-hydrogen) atoms. The van der Waals surface area contributed by atoms with E-state index in [2.05, 4.69) is 15.3 Å². The summed E-state index contributed by atoms with van der Waals surface area (Å²) in [6, 6.07) is -1.43. The average Bonchev–Trinajstić information content (AvgIpc) is 2.90. The number of carbonyl (C=O) groups excluding carboxylic acids is 2. The molecule has 0 radical (unpaired) electrons. The van der Waals surface area contributed by atoms with Gasteiger partial charge in [-0.3, -0.25) is 4.79 Å². The number of nitrogens with zero attached hydrogens (tertiary/aromatic N) is 3. The van der Waals surface area contributed by atoms with Crippen molar-refractivity contribution in [2.75, 3.05) is 7.05 Å². The van der Waals surface area contributed by atoms with E-state index >= 15 is 0 Å². The lowest BCUT2D eigenvalue weighted by Gasteiger charge is -2.42. The topological polar surface area (TPSA) is 101 Å². The van der Waals surface area contributed by atoms with Crippen molar-refractivity contribution in [3.05, 3.63) is 23.8 Å². The molecule has 142 valence electrons. The fourth-order valence-corrected chi connectivity index (χ4v) is 4.07. The number of primary amides is 1. The van der Waals surface area contributed by atoms with E-state index in [4.69, 9.17) is 5.73 Å². The van der Waals surface area contributed by atoms with Crippen LogP contribution < -0.4 is 11.1 Å². The predicted octanol–water partition coefficient (Wildman–Crippen LogP) is 1.57. The van der Waals surface area contributed by atoms with Crippen molar-refractivity contribution in [3.8, 4) is 0 Å². The quantitative estimate of drug-likeness (QED) is 0.842. The van der Waals surface area contributed by atoms with Crippen molar-refractivity contribution in [2.24, 2.45) is 5.73 Å². The number of halogens is 3. The van der Waals surface area contributed by atoms with Crippen LogP contribution in [0.25, 0.3) is 0 Å². The lowest BCUT2D eigenvalue weighted by Crippen LogP contribution is -2.57. The van der Waals surface area contributed by atoms with Crippen LogP contribution in [0.1, 0.15) is 43.6 Å². The van der Waals surface area contributed by atoms with Crippen molar-refractivity contribution < 1.29 is 22.8 Å². The van der Waals surface area contributed by atoms with E-state index in [-0.39, 0.29) is 5.82 Å². The summed E-state index contributed by atoms with van der Waals surface area (Å²) >= 11 is 0. The summed E-state index contributed by atoms with van der Waals surface area (Å²) in [7, 11) is 1.44. The van der Waals surface area contributed by atoms with Crippen LogP contribution in [0.5, 0.6) is 0 Å². The molecule has 1 aromatic heterocycles. The Morgan fingerprint density at radius 2 is 2.00 bits per heavy atom. The molecule has 2 heterocycles. The Morgan fingerprint density at radius 1 is 1.35 bits per heavy atom. The minimum absolute atomic E-state index is 0.00104. The van der Waals surface area contributed by atoms with Crippen molar-refractivity contribution in [1.82, 2.24) is 20.2 Å². The van der Waals surface area contributed by atoms with E-state index in [1.807, 2.05) is 0 Å². The number of nitrogens with two attached hydrogens (primary N) is 1. The molecular formula is C16H20F3N5O2. The van der Waals surface area contributed by atoms with Crippen LogP contribution in [0.4, 0.5) is 18.0 Å². The lowest BCUT2D eigenvalue weighted by molar-refractivity contribution is -0.141. The Hall–Kier alpha value is -2.39. The van der Waals surface area contributed by atoms with Gasteiger partial charge in [-0.25, -0.2) is 14.8 Å². The molecule has 1 aromatic rings. The number of likely N-dealkylation sites (N-methyl/N-ethyl adjacent to an activating group) is 1. The van der Waals surface area contributed by atoms with Gasteiger partial charge in [0.1, 0.15) is 17.6 Å². The molecule has 1 aliphatic heterocycles. The summed E-state index contributed by atoms with van der Waals surface area (Å²) in [5, 5.41) is 2.73. The molecule has 0 aromatic carbocycles. The van der Waals surface area contributed by atoms with Gasteiger partial charge in [0.2, 0.25) is 5.91 Å². The molecule has 7 nitrogen and oxygen atoms in total. The fraction of sp³-hybridized carbons (Fsp3) is 0.625. The van der Waals surface area contributed by atoms with Gasteiger partial charge in [0.25, 0.3) is 0 Å². The molecule has 2 aliphatic rings. The van der Waals surface area contributed by atoms with Gasteiger partial charge in [0, 0.05) is 13.2 Å². The number of aromatic nitrogens is 2. The average molecular weight is 371 g/mol. The van der Waals surface area contributed by atoms with Gasteiger partial charge in [-0.05, 0) is 18.9 Å². The monoisotopic (exact) mass is 371 g/mol. The first-order valence-corrected chi connectivity index (χ1v) is 8.40. The number of hydrogen-bond donors (Lipinski definition) is 2. The second-order valence-corrected chi connectivity index (χ2v) is 6.87. The van der Waals surface area contributed by atoms with Crippen molar-refractivity contribution in [3.63, 3.8) is 0 Å². The van der Waals surface area contributed by atoms with Crippen LogP contribution in [0.3, 0.4) is 0 Å². The Balaban J connectivity index is 2.11. The SMILES string of the molecule is CN1C(=O)NC(C2(c3nccc(C(F)(F)F)n3)CCCCC2)C1C(N)=O. The molecular weight excluding hydrogens is 351 g/mol.